The molecule has 9 heteroatoms. The van der Waals surface area contributed by atoms with Gasteiger partial charge in [0, 0.05) is 19.3 Å². The van der Waals surface area contributed by atoms with E-state index in [2.05, 4.69) is 10.3 Å². The van der Waals surface area contributed by atoms with Gasteiger partial charge in [-0.2, -0.15) is 0 Å². The van der Waals surface area contributed by atoms with Crippen molar-refractivity contribution >= 4 is 30.7 Å². The zero-order chi connectivity index (χ0) is 16.2. The first-order chi connectivity index (χ1) is 11.1. The Bertz CT molecular complexity index is 552. The highest BCUT2D eigenvalue weighted by Crippen LogP contribution is 2.28. The highest BCUT2D eigenvalue weighted by molar-refractivity contribution is 5.95. The van der Waals surface area contributed by atoms with Crippen molar-refractivity contribution < 1.29 is 18.3 Å². The normalized spacial score (nSPS) is 22.4. The maximum Gasteiger partial charge on any atom is 0.276 e. The number of aromatic nitrogens is 1. The summed E-state index contributed by atoms with van der Waals surface area (Å²) in [6.45, 7) is 2.64. The summed E-state index contributed by atoms with van der Waals surface area (Å²) in [7, 11) is 0. The Morgan fingerprint density at radius 2 is 1.92 bits per heavy atom. The van der Waals surface area contributed by atoms with E-state index in [0.29, 0.717) is 24.9 Å². The van der Waals surface area contributed by atoms with Crippen LogP contribution in [0.1, 0.15) is 23.3 Å². The van der Waals surface area contributed by atoms with Gasteiger partial charge in [0.2, 0.25) is 0 Å². The molecule has 0 unspecified atom stereocenters. The number of amides is 1. The first-order valence-electron chi connectivity index (χ1n) is 8.01. The van der Waals surface area contributed by atoms with E-state index in [4.69, 9.17) is 4.74 Å². The number of hydrogen-bond acceptors (Lipinski definition) is 4. The number of nitrogens with zero attached hydrogens (tertiary/aromatic N) is 2. The van der Waals surface area contributed by atoms with Gasteiger partial charge in [-0.3, -0.25) is 4.79 Å². The molecular weight excluding hydrogens is 375 g/mol. The Hall–Kier alpha value is -1.18. The maximum absolute atomic E-state index is 12.7. The van der Waals surface area contributed by atoms with Crippen LogP contribution in [0.2, 0.25) is 0 Å². The molecule has 3 rings (SSSR count). The van der Waals surface area contributed by atoms with Gasteiger partial charge in [-0.05, 0) is 49.9 Å². The third kappa shape index (κ3) is 5.39. The Balaban J connectivity index is 0.00000156. The molecule has 1 aromatic heterocycles. The molecule has 5 nitrogen and oxygen atoms in total. The maximum atomic E-state index is 12.7. The van der Waals surface area contributed by atoms with Crippen molar-refractivity contribution in [2.75, 3.05) is 32.8 Å². The lowest BCUT2D eigenvalue weighted by molar-refractivity contribution is 0.0707. The van der Waals surface area contributed by atoms with Crippen molar-refractivity contribution in [3.63, 3.8) is 0 Å². The quantitative estimate of drug-likeness (QED) is 0.848. The van der Waals surface area contributed by atoms with Gasteiger partial charge in [0.05, 0.1) is 0 Å². The summed E-state index contributed by atoms with van der Waals surface area (Å²) in [6, 6.07) is 3.09. The van der Waals surface area contributed by atoms with Gasteiger partial charge in [0.1, 0.15) is 6.61 Å². The van der Waals surface area contributed by atoms with Gasteiger partial charge in [-0.15, -0.1) is 24.8 Å². The SMILES string of the molecule is Cl.Cl.O=C(c1ncccc1OCC(F)F)N1CC[C@@H]2CNC[C@@H]2CC1. The second-order valence-corrected chi connectivity index (χ2v) is 6.10. The number of carbonyl (C=O) groups is 1. The number of ether oxygens (including phenoxy) is 1. The van der Waals surface area contributed by atoms with E-state index in [1.165, 1.54) is 12.3 Å². The smallest absolute Gasteiger partial charge is 0.276 e. The van der Waals surface area contributed by atoms with Gasteiger partial charge in [-0.25, -0.2) is 13.8 Å². The Morgan fingerprint density at radius 3 is 2.52 bits per heavy atom. The summed E-state index contributed by atoms with van der Waals surface area (Å²) in [6.07, 6.45) is 0.828. The molecule has 3 heterocycles. The first-order valence-corrected chi connectivity index (χ1v) is 8.01. The zero-order valence-corrected chi connectivity index (χ0v) is 15.3. The van der Waals surface area contributed by atoms with Crippen molar-refractivity contribution in [3.8, 4) is 5.75 Å². The fourth-order valence-electron chi connectivity index (χ4n) is 3.39. The molecule has 0 bridgehead atoms. The summed E-state index contributed by atoms with van der Waals surface area (Å²) < 4.78 is 29.7. The molecule has 1 amide bonds. The number of fused-ring (bicyclic) bond motifs is 1. The van der Waals surface area contributed by atoms with Crippen molar-refractivity contribution in [1.82, 2.24) is 15.2 Å². The standard InChI is InChI=1S/C16H21F2N3O2.2ClH/c17-14(18)10-23-13-2-1-5-20-15(13)16(22)21-6-3-11-8-19-9-12(11)4-7-21;;/h1-2,5,11-12,14,19H,3-4,6-10H2;2*1H/t11-,12+;;. The molecule has 0 aromatic carbocycles. The second kappa shape index (κ2) is 10.1. The molecule has 2 atom stereocenters. The van der Waals surface area contributed by atoms with Crippen LogP contribution in [-0.2, 0) is 0 Å². The Morgan fingerprint density at radius 1 is 1.28 bits per heavy atom. The number of halogens is 4. The van der Waals surface area contributed by atoms with Crippen LogP contribution in [0.15, 0.2) is 18.3 Å². The molecule has 0 spiro atoms. The van der Waals surface area contributed by atoms with Gasteiger partial charge in [0.15, 0.2) is 11.4 Å². The van der Waals surface area contributed by atoms with Gasteiger partial charge >= 0.3 is 0 Å². The summed E-state index contributed by atoms with van der Waals surface area (Å²) in [5, 5.41) is 3.40. The average Bonchev–Trinajstić information content (AvgIpc) is 2.91. The number of pyridine rings is 1. The predicted octanol–water partition coefficient (Wildman–Crippen LogP) is 2.64. The summed E-state index contributed by atoms with van der Waals surface area (Å²) >= 11 is 0. The molecule has 25 heavy (non-hydrogen) atoms. The van der Waals surface area contributed by atoms with E-state index >= 15 is 0 Å². The van der Waals surface area contributed by atoms with Crippen LogP contribution < -0.4 is 10.1 Å². The lowest BCUT2D eigenvalue weighted by Gasteiger charge is -2.21. The van der Waals surface area contributed by atoms with E-state index in [-0.39, 0.29) is 42.2 Å². The fraction of sp³-hybridized carbons (Fsp3) is 0.625. The van der Waals surface area contributed by atoms with Crippen LogP contribution in [0.4, 0.5) is 8.78 Å². The van der Waals surface area contributed by atoms with Crippen LogP contribution in [-0.4, -0.2) is 55.0 Å². The minimum absolute atomic E-state index is 0. The number of hydrogen-bond donors (Lipinski definition) is 1. The summed E-state index contributed by atoms with van der Waals surface area (Å²) in [5.74, 6) is 1.13. The van der Waals surface area contributed by atoms with Crippen LogP contribution in [0.25, 0.3) is 0 Å². The van der Waals surface area contributed by atoms with Crippen LogP contribution in [0.5, 0.6) is 5.75 Å². The zero-order valence-electron chi connectivity index (χ0n) is 13.7. The number of nitrogens with one attached hydrogen (secondary N) is 1. The van der Waals surface area contributed by atoms with Crippen molar-refractivity contribution in [2.24, 2.45) is 11.8 Å². The first kappa shape index (κ1) is 21.9. The molecule has 1 aromatic rings. The number of carbonyl (C=O) groups excluding carboxylic acids is 1. The predicted molar refractivity (Wildman–Crippen MR) is 95.2 cm³/mol. The molecule has 142 valence electrons. The largest absolute Gasteiger partial charge is 0.485 e. The van der Waals surface area contributed by atoms with Crippen LogP contribution in [0, 0.1) is 11.8 Å². The van der Waals surface area contributed by atoms with Crippen LogP contribution in [0.3, 0.4) is 0 Å². The van der Waals surface area contributed by atoms with Gasteiger partial charge in [-0.1, -0.05) is 0 Å². The van der Waals surface area contributed by atoms with E-state index in [1.54, 1.807) is 11.0 Å². The minimum atomic E-state index is -2.58. The minimum Gasteiger partial charge on any atom is -0.485 e. The Labute approximate surface area is 158 Å². The number of alkyl halides is 2. The molecule has 2 saturated heterocycles. The molecule has 0 aliphatic carbocycles. The highest BCUT2D eigenvalue weighted by atomic mass is 35.5. The molecule has 2 fully saturated rings. The molecule has 2 aliphatic heterocycles. The molecule has 1 N–H and O–H groups in total. The van der Waals surface area contributed by atoms with Crippen LogP contribution >= 0.6 is 24.8 Å². The molecule has 2 aliphatic rings. The lowest BCUT2D eigenvalue weighted by atomic mass is 9.92. The molecule has 0 saturated carbocycles. The molecular formula is C16H23Cl2F2N3O2. The summed E-state index contributed by atoms with van der Waals surface area (Å²) in [4.78, 5) is 18.6. The molecule has 0 radical (unpaired) electrons. The van der Waals surface area contributed by atoms with Crippen molar-refractivity contribution in [3.05, 3.63) is 24.0 Å². The number of rotatable bonds is 4. The Kier molecular flexibility index (Phi) is 8.82. The third-order valence-corrected chi connectivity index (χ3v) is 4.64. The highest BCUT2D eigenvalue weighted by Gasteiger charge is 2.32. The van der Waals surface area contributed by atoms with E-state index in [1.807, 2.05) is 0 Å². The number of likely N-dealkylation sites (tertiary alicyclic amines) is 1. The monoisotopic (exact) mass is 397 g/mol. The van der Waals surface area contributed by atoms with E-state index in [0.717, 1.165) is 25.9 Å². The third-order valence-electron chi connectivity index (χ3n) is 4.64. The second-order valence-electron chi connectivity index (χ2n) is 6.10. The lowest BCUT2D eigenvalue weighted by Crippen LogP contribution is -2.33. The topological polar surface area (TPSA) is 54.5 Å². The summed E-state index contributed by atoms with van der Waals surface area (Å²) in [5.41, 5.74) is 0.123. The van der Waals surface area contributed by atoms with E-state index in [9.17, 15) is 13.6 Å². The fourth-order valence-corrected chi connectivity index (χ4v) is 3.39. The van der Waals surface area contributed by atoms with Crippen molar-refractivity contribution in [2.45, 2.75) is 19.3 Å². The van der Waals surface area contributed by atoms with Gasteiger partial charge in [0.25, 0.3) is 12.3 Å². The average molecular weight is 398 g/mol. The van der Waals surface area contributed by atoms with E-state index < -0.39 is 13.0 Å². The van der Waals surface area contributed by atoms with Gasteiger partial charge < -0.3 is 15.0 Å². The van der Waals surface area contributed by atoms with Crippen molar-refractivity contribution in [1.29, 1.82) is 0 Å².